The Morgan fingerprint density at radius 1 is 1.40 bits per heavy atom. The molecule has 2 heteroatoms. The van der Waals surface area contributed by atoms with Gasteiger partial charge in [0.05, 0.1) is 0 Å². The van der Waals surface area contributed by atoms with Gasteiger partial charge in [0.2, 0.25) is 0 Å². The van der Waals surface area contributed by atoms with Crippen molar-refractivity contribution in [1.82, 2.24) is 0 Å². The molecule has 0 radical (unpaired) electrons. The van der Waals surface area contributed by atoms with Gasteiger partial charge in [0.1, 0.15) is 0 Å². The van der Waals surface area contributed by atoms with Gasteiger partial charge in [-0.15, -0.1) is 0 Å². The second-order valence-corrected chi connectivity index (χ2v) is 4.93. The standard InChI is InChI=1S/C13H17BrS/c1-11(10-14)9-13(15)8-7-12-5-3-2-4-6-12/h2-6,10,13,15H,7-9H2,1H3/p-1/b11-10-. The number of rotatable bonds is 5. The lowest BCUT2D eigenvalue weighted by Gasteiger charge is -2.22. The average Bonchev–Trinajstić information content (AvgIpc) is 2.27. The molecule has 1 rings (SSSR count). The van der Waals surface area contributed by atoms with Gasteiger partial charge < -0.3 is 12.6 Å². The zero-order valence-electron chi connectivity index (χ0n) is 8.95. The molecule has 0 fully saturated rings. The molecule has 0 spiro atoms. The Morgan fingerprint density at radius 2 is 2.07 bits per heavy atom. The zero-order valence-corrected chi connectivity index (χ0v) is 11.4. The van der Waals surface area contributed by atoms with E-state index in [4.69, 9.17) is 12.6 Å². The summed E-state index contributed by atoms with van der Waals surface area (Å²) in [6.45, 7) is 2.11. The van der Waals surface area contributed by atoms with E-state index in [0.717, 1.165) is 19.3 Å². The molecule has 1 aromatic rings. The van der Waals surface area contributed by atoms with E-state index in [0.29, 0.717) is 5.25 Å². The van der Waals surface area contributed by atoms with Crippen molar-refractivity contribution in [2.24, 2.45) is 0 Å². The van der Waals surface area contributed by atoms with Crippen molar-refractivity contribution in [2.45, 2.75) is 31.4 Å². The van der Waals surface area contributed by atoms with Crippen molar-refractivity contribution in [2.75, 3.05) is 0 Å². The number of hydrogen-bond acceptors (Lipinski definition) is 1. The molecule has 82 valence electrons. The molecular formula is C13H16BrS-. The lowest BCUT2D eigenvalue weighted by atomic mass is 10.0. The number of benzene rings is 1. The Morgan fingerprint density at radius 3 is 2.67 bits per heavy atom. The van der Waals surface area contributed by atoms with E-state index in [1.54, 1.807) is 0 Å². The molecule has 1 atom stereocenters. The minimum atomic E-state index is 0.346. The van der Waals surface area contributed by atoms with Crippen LogP contribution >= 0.6 is 15.9 Å². The van der Waals surface area contributed by atoms with E-state index in [2.05, 4.69) is 47.1 Å². The van der Waals surface area contributed by atoms with Crippen LogP contribution < -0.4 is 0 Å². The van der Waals surface area contributed by atoms with Crippen LogP contribution in [-0.2, 0) is 19.0 Å². The van der Waals surface area contributed by atoms with Gasteiger partial charge in [0, 0.05) is 0 Å². The average molecular weight is 284 g/mol. The van der Waals surface area contributed by atoms with Gasteiger partial charge in [-0.3, -0.25) is 0 Å². The van der Waals surface area contributed by atoms with Gasteiger partial charge in [-0.1, -0.05) is 64.7 Å². The Labute approximate surface area is 106 Å². The molecule has 0 aliphatic rings. The molecule has 0 aromatic heterocycles. The minimum absolute atomic E-state index is 0.346. The largest absolute Gasteiger partial charge is 0.789 e. The quantitative estimate of drug-likeness (QED) is 0.729. The van der Waals surface area contributed by atoms with E-state index >= 15 is 0 Å². The normalized spacial score (nSPS) is 13.9. The second-order valence-electron chi connectivity index (χ2n) is 3.81. The van der Waals surface area contributed by atoms with Crippen LogP contribution in [0.5, 0.6) is 0 Å². The van der Waals surface area contributed by atoms with Crippen molar-refractivity contribution in [3.05, 3.63) is 46.5 Å². The molecule has 0 saturated heterocycles. The number of hydrogen-bond donors (Lipinski definition) is 0. The van der Waals surface area contributed by atoms with Gasteiger partial charge >= 0.3 is 0 Å². The fraction of sp³-hybridized carbons (Fsp3) is 0.385. The molecule has 15 heavy (non-hydrogen) atoms. The van der Waals surface area contributed by atoms with Crippen LogP contribution in [0, 0.1) is 0 Å². The van der Waals surface area contributed by atoms with Crippen LogP contribution in [-0.4, -0.2) is 5.25 Å². The third-order valence-corrected chi connectivity index (χ3v) is 3.52. The molecule has 1 unspecified atom stereocenters. The van der Waals surface area contributed by atoms with Crippen molar-refractivity contribution >= 4 is 28.6 Å². The van der Waals surface area contributed by atoms with Crippen molar-refractivity contribution in [3.63, 3.8) is 0 Å². The third-order valence-electron chi connectivity index (χ3n) is 2.33. The molecule has 0 heterocycles. The molecule has 0 aliphatic carbocycles. The Bertz CT molecular complexity index is 306. The highest BCUT2D eigenvalue weighted by molar-refractivity contribution is 9.11. The van der Waals surface area contributed by atoms with E-state index in [-0.39, 0.29) is 0 Å². The molecule has 1 aromatic carbocycles. The maximum atomic E-state index is 5.42. The van der Waals surface area contributed by atoms with Crippen LogP contribution in [0.25, 0.3) is 0 Å². The highest BCUT2D eigenvalue weighted by Gasteiger charge is 1.97. The molecule has 0 bridgehead atoms. The second kappa shape index (κ2) is 7.13. The smallest absolute Gasteiger partial charge is 0.0200 e. The van der Waals surface area contributed by atoms with Crippen LogP contribution in [0.1, 0.15) is 25.3 Å². The molecule has 0 nitrogen and oxygen atoms in total. The van der Waals surface area contributed by atoms with Gasteiger partial charge in [0.25, 0.3) is 0 Å². The van der Waals surface area contributed by atoms with Gasteiger partial charge in [-0.25, -0.2) is 0 Å². The van der Waals surface area contributed by atoms with E-state index in [1.807, 2.05) is 11.1 Å². The van der Waals surface area contributed by atoms with Gasteiger partial charge in [-0.2, -0.15) is 5.25 Å². The van der Waals surface area contributed by atoms with Crippen molar-refractivity contribution in [3.8, 4) is 0 Å². The van der Waals surface area contributed by atoms with Crippen LogP contribution in [0.4, 0.5) is 0 Å². The highest BCUT2D eigenvalue weighted by atomic mass is 79.9. The Balaban J connectivity index is 2.31. The van der Waals surface area contributed by atoms with Gasteiger partial charge in [0.15, 0.2) is 0 Å². The summed E-state index contributed by atoms with van der Waals surface area (Å²) in [6, 6.07) is 10.5. The fourth-order valence-corrected chi connectivity index (χ4v) is 2.05. The van der Waals surface area contributed by atoms with Crippen molar-refractivity contribution < 1.29 is 0 Å². The summed E-state index contributed by atoms with van der Waals surface area (Å²) in [4.78, 5) is 1.97. The SMILES string of the molecule is C/C(=C/Br)CC([S-])CCc1ccccc1. The molecule has 0 amide bonds. The maximum absolute atomic E-state index is 5.42. The predicted octanol–water partition coefficient (Wildman–Crippen LogP) is 4.22. The monoisotopic (exact) mass is 283 g/mol. The zero-order chi connectivity index (χ0) is 11.1. The van der Waals surface area contributed by atoms with Crippen LogP contribution in [0.2, 0.25) is 0 Å². The summed E-state index contributed by atoms with van der Waals surface area (Å²) >= 11 is 8.75. The summed E-state index contributed by atoms with van der Waals surface area (Å²) in [6.07, 6.45) is 3.18. The van der Waals surface area contributed by atoms with E-state index in [9.17, 15) is 0 Å². The van der Waals surface area contributed by atoms with Crippen LogP contribution in [0.15, 0.2) is 40.9 Å². The van der Waals surface area contributed by atoms with E-state index in [1.165, 1.54) is 11.1 Å². The van der Waals surface area contributed by atoms with Gasteiger partial charge in [-0.05, 0) is 23.9 Å². The van der Waals surface area contributed by atoms with Crippen molar-refractivity contribution in [1.29, 1.82) is 0 Å². The van der Waals surface area contributed by atoms with Crippen LogP contribution in [0.3, 0.4) is 0 Å². The summed E-state index contributed by atoms with van der Waals surface area (Å²) < 4.78 is 0. The first-order chi connectivity index (χ1) is 7.22. The van der Waals surface area contributed by atoms with E-state index < -0.39 is 0 Å². The fourth-order valence-electron chi connectivity index (χ4n) is 1.48. The molecule has 0 aliphatic heterocycles. The number of allylic oxidation sites excluding steroid dienone is 1. The number of aryl methyl sites for hydroxylation is 1. The summed E-state index contributed by atoms with van der Waals surface area (Å²) in [5, 5.41) is 0.346. The molecule has 0 N–H and O–H groups in total. The lowest BCUT2D eigenvalue weighted by molar-refractivity contribution is 0.751. The first-order valence-electron chi connectivity index (χ1n) is 5.18. The lowest BCUT2D eigenvalue weighted by Crippen LogP contribution is -2.05. The molecular weight excluding hydrogens is 268 g/mol. The summed E-state index contributed by atoms with van der Waals surface area (Å²) in [5.74, 6) is 0. The minimum Gasteiger partial charge on any atom is -0.789 e. The topological polar surface area (TPSA) is 0 Å². The molecule has 0 saturated carbocycles. The summed E-state index contributed by atoms with van der Waals surface area (Å²) in [5.41, 5.74) is 2.70. The number of halogens is 1. The highest BCUT2D eigenvalue weighted by Crippen LogP contribution is 2.13. The third kappa shape index (κ3) is 5.43. The predicted molar refractivity (Wildman–Crippen MR) is 73.2 cm³/mol. The Kier molecular flexibility index (Phi) is 6.11. The maximum Gasteiger partial charge on any atom is -0.0200 e. The first-order valence-corrected chi connectivity index (χ1v) is 6.56. The Hall–Kier alpha value is -0.210. The summed E-state index contributed by atoms with van der Waals surface area (Å²) in [7, 11) is 0. The first kappa shape index (κ1) is 12.9.